The largest absolute Gasteiger partial charge is 0.472 e. The van der Waals surface area contributed by atoms with E-state index in [1.165, 1.54) is 199 Å². The lowest BCUT2D eigenvalue weighted by molar-refractivity contribution is -0.161. The molecular formula is C75H142O17P2. The van der Waals surface area contributed by atoms with Crippen molar-refractivity contribution < 1.29 is 80.2 Å². The zero-order valence-electron chi connectivity index (χ0n) is 60.4. The zero-order valence-corrected chi connectivity index (χ0v) is 62.2. The van der Waals surface area contributed by atoms with Gasteiger partial charge in [0.15, 0.2) is 12.2 Å². The first-order valence-electron chi connectivity index (χ1n) is 38.9. The summed E-state index contributed by atoms with van der Waals surface area (Å²) < 4.78 is 68.6. The Balaban J connectivity index is 2.71. The molecule has 1 saturated carbocycles. The van der Waals surface area contributed by atoms with Gasteiger partial charge in [-0.1, -0.05) is 303 Å². The fourth-order valence-corrected chi connectivity index (χ4v) is 13.4. The van der Waals surface area contributed by atoms with Crippen LogP contribution >= 0.6 is 15.6 Å². The minimum atomic E-state index is -4.96. The van der Waals surface area contributed by atoms with Gasteiger partial charge in [0.1, 0.15) is 19.3 Å². The number of hydrogen-bond acceptors (Lipinski definition) is 15. The number of esters is 4. The molecule has 19 heteroatoms. The number of aliphatic hydroxyl groups is 1. The summed E-state index contributed by atoms with van der Waals surface area (Å²) in [6.45, 7) is 4.98. The number of phosphoric acid groups is 2. The SMILES string of the molecule is CCCCCCCC/C=C/CCCCCCCC(=O)O[C@H](COC(=O)CCCCCCCCCCCCCCC)COP(=O)(O)OCC(O)COP(=O)(O)OC[C@@H](COC(=O)CCCCCCCCCCCCCC)OC(=O)CCCCCCCC1CC1CCCCCC. The van der Waals surface area contributed by atoms with Gasteiger partial charge in [0.05, 0.1) is 26.4 Å². The summed E-state index contributed by atoms with van der Waals surface area (Å²) in [6.07, 6.45) is 58.2. The van der Waals surface area contributed by atoms with Crippen LogP contribution in [0.1, 0.15) is 374 Å². The number of allylic oxidation sites excluding steroid dienone is 2. The normalized spacial score (nSPS) is 16.2. The Morgan fingerprint density at radius 2 is 0.585 bits per heavy atom. The van der Waals surface area contributed by atoms with E-state index in [4.69, 9.17) is 37.0 Å². The van der Waals surface area contributed by atoms with Crippen LogP contribution in [-0.2, 0) is 65.4 Å². The third kappa shape index (κ3) is 60.9. The highest BCUT2D eigenvalue weighted by molar-refractivity contribution is 7.47. The van der Waals surface area contributed by atoms with Gasteiger partial charge < -0.3 is 33.8 Å². The molecule has 0 bridgehead atoms. The van der Waals surface area contributed by atoms with E-state index in [-0.39, 0.29) is 25.7 Å². The van der Waals surface area contributed by atoms with Gasteiger partial charge in [-0.05, 0) is 69.6 Å². The summed E-state index contributed by atoms with van der Waals surface area (Å²) >= 11 is 0. The monoisotopic (exact) mass is 1380 g/mol. The van der Waals surface area contributed by atoms with E-state index >= 15 is 0 Å². The van der Waals surface area contributed by atoms with Crippen molar-refractivity contribution >= 4 is 39.5 Å². The van der Waals surface area contributed by atoms with E-state index in [0.29, 0.717) is 25.7 Å². The maximum absolute atomic E-state index is 13.1. The van der Waals surface area contributed by atoms with Gasteiger partial charge in [-0.15, -0.1) is 0 Å². The first kappa shape index (κ1) is 89.8. The molecule has 3 N–H and O–H groups in total. The van der Waals surface area contributed by atoms with E-state index in [1.807, 2.05) is 0 Å². The predicted octanol–water partition coefficient (Wildman–Crippen LogP) is 21.5. The highest BCUT2D eigenvalue weighted by atomic mass is 31.2. The summed E-state index contributed by atoms with van der Waals surface area (Å²) in [5.41, 5.74) is 0. The van der Waals surface area contributed by atoms with Gasteiger partial charge in [0.25, 0.3) is 0 Å². The maximum atomic E-state index is 13.1. The van der Waals surface area contributed by atoms with Crippen molar-refractivity contribution in [1.82, 2.24) is 0 Å². The first-order chi connectivity index (χ1) is 45.6. The van der Waals surface area contributed by atoms with Gasteiger partial charge in [-0.2, -0.15) is 0 Å². The summed E-state index contributed by atoms with van der Waals surface area (Å²) in [7, 11) is -9.91. The number of hydrogen-bond donors (Lipinski definition) is 3. The molecule has 0 radical (unpaired) electrons. The van der Waals surface area contributed by atoms with Crippen molar-refractivity contribution in [2.45, 2.75) is 393 Å². The Hall–Kier alpha value is -2.20. The molecule has 7 atom stereocenters. The highest BCUT2D eigenvalue weighted by Crippen LogP contribution is 2.47. The molecule has 1 rings (SSSR count). The molecule has 1 fully saturated rings. The lowest BCUT2D eigenvalue weighted by Crippen LogP contribution is -2.30. The summed E-state index contributed by atoms with van der Waals surface area (Å²) in [6, 6.07) is 0. The van der Waals surface area contributed by atoms with Crippen LogP contribution < -0.4 is 0 Å². The molecule has 1 aliphatic rings. The molecule has 554 valence electrons. The molecule has 1 aliphatic carbocycles. The molecule has 5 unspecified atom stereocenters. The fraction of sp³-hybridized carbons (Fsp3) is 0.920. The molecule has 0 aliphatic heterocycles. The number of carbonyl (C=O) groups is 4. The molecule has 0 aromatic heterocycles. The van der Waals surface area contributed by atoms with Crippen LogP contribution in [0.25, 0.3) is 0 Å². The number of unbranched alkanes of at least 4 members (excludes halogenated alkanes) is 41. The number of rotatable bonds is 73. The lowest BCUT2D eigenvalue weighted by Gasteiger charge is -2.21. The van der Waals surface area contributed by atoms with Gasteiger partial charge in [0.2, 0.25) is 0 Å². The Kier molecular flexibility index (Phi) is 61.3. The molecule has 0 amide bonds. The van der Waals surface area contributed by atoms with E-state index < -0.39 is 97.5 Å². The summed E-state index contributed by atoms with van der Waals surface area (Å²) in [4.78, 5) is 72.8. The Morgan fingerprint density at radius 3 is 0.894 bits per heavy atom. The van der Waals surface area contributed by atoms with Gasteiger partial charge in [-0.3, -0.25) is 37.3 Å². The van der Waals surface area contributed by atoms with Crippen LogP contribution in [0.4, 0.5) is 0 Å². The minimum absolute atomic E-state index is 0.0955. The van der Waals surface area contributed by atoms with Gasteiger partial charge in [0, 0.05) is 25.7 Å². The van der Waals surface area contributed by atoms with Crippen molar-refractivity contribution in [2.75, 3.05) is 39.6 Å². The van der Waals surface area contributed by atoms with Gasteiger partial charge >= 0.3 is 39.5 Å². The molecule has 0 aromatic carbocycles. The van der Waals surface area contributed by atoms with Crippen LogP contribution in [0.2, 0.25) is 0 Å². The zero-order chi connectivity index (χ0) is 68.7. The van der Waals surface area contributed by atoms with Crippen LogP contribution in [0, 0.1) is 11.8 Å². The molecule has 0 saturated heterocycles. The van der Waals surface area contributed by atoms with E-state index in [0.717, 1.165) is 108 Å². The Bertz CT molecular complexity index is 1910. The van der Waals surface area contributed by atoms with Gasteiger partial charge in [-0.25, -0.2) is 9.13 Å². The third-order valence-electron chi connectivity index (χ3n) is 18.0. The topological polar surface area (TPSA) is 237 Å². The number of phosphoric ester groups is 2. The summed E-state index contributed by atoms with van der Waals surface area (Å²) in [5, 5.41) is 10.6. The Morgan fingerprint density at radius 1 is 0.340 bits per heavy atom. The number of aliphatic hydroxyl groups excluding tert-OH is 1. The molecular weight excluding hydrogens is 1230 g/mol. The first-order valence-corrected chi connectivity index (χ1v) is 41.9. The van der Waals surface area contributed by atoms with E-state index in [1.54, 1.807) is 0 Å². The fourth-order valence-electron chi connectivity index (χ4n) is 11.9. The number of ether oxygens (including phenoxy) is 4. The van der Waals surface area contributed by atoms with Crippen LogP contribution in [-0.4, -0.2) is 96.7 Å². The lowest BCUT2D eigenvalue weighted by atomic mass is 10.0. The average Bonchev–Trinajstić information content (AvgIpc) is 1.80. The van der Waals surface area contributed by atoms with Crippen molar-refractivity contribution in [3.8, 4) is 0 Å². The molecule has 17 nitrogen and oxygen atoms in total. The second kappa shape index (κ2) is 64.2. The predicted molar refractivity (Wildman–Crippen MR) is 379 cm³/mol. The highest BCUT2D eigenvalue weighted by Gasteiger charge is 2.35. The van der Waals surface area contributed by atoms with E-state index in [9.17, 15) is 43.2 Å². The average molecular weight is 1380 g/mol. The van der Waals surface area contributed by atoms with Crippen LogP contribution in [0.5, 0.6) is 0 Å². The molecule has 0 heterocycles. The quantitative estimate of drug-likeness (QED) is 0.0169. The molecule has 94 heavy (non-hydrogen) atoms. The third-order valence-corrected chi connectivity index (χ3v) is 19.9. The smallest absolute Gasteiger partial charge is 0.462 e. The van der Waals surface area contributed by atoms with Crippen molar-refractivity contribution in [1.29, 1.82) is 0 Å². The van der Waals surface area contributed by atoms with Crippen molar-refractivity contribution in [3.05, 3.63) is 12.2 Å². The van der Waals surface area contributed by atoms with Crippen molar-refractivity contribution in [3.63, 3.8) is 0 Å². The summed E-state index contributed by atoms with van der Waals surface area (Å²) in [5.74, 6) is -0.340. The Labute approximate surface area is 573 Å². The second-order valence-electron chi connectivity index (χ2n) is 27.2. The number of carbonyl (C=O) groups excluding carboxylic acids is 4. The standard InChI is InChI=1S/C75H142O17P2/c1-5-9-13-17-20-23-26-29-30-32-35-38-41-46-52-58-74(79)91-70(63-85-72(77)57-51-45-40-37-34-31-27-24-21-18-14-10-6-2)65-89-93(81,82)87-61-69(76)62-88-94(83,84)90-66-71(64-86-73(78)56-50-44-39-36-33-28-25-22-19-15-11-7-3)92-75(80)59-53-47-42-43-49-55-68-60-67(68)54-48-16-12-8-4/h29-30,67-71,76H,5-28,31-66H2,1-4H3,(H,81,82)(H,83,84)/b30-29+/t67?,68?,69?,70-,71-/m1/s1. The molecule has 0 aromatic rings. The van der Waals surface area contributed by atoms with Crippen molar-refractivity contribution in [2.24, 2.45) is 11.8 Å². The minimum Gasteiger partial charge on any atom is -0.462 e. The van der Waals surface area contributed by atoms with Crippen LogP contribution in [0.15, 0.2) is 12.2 Å². The maximum Gasteiger partial charge on any atom is 0.472 e. The molecule has 0 spiro atoms. The van der Waals surface area contributed by atoms with Crippen LogP contribution in [0.3, 0.4) is 0 Å². The van der Waals surface area contributed by atoms with E-state index in [2.05, 4.69) is 39.8 Å². The second-order valence-corrected chi connectivity index (χ2v) is 30.1.